The Bertz CT molecular complexity index is 467. The van der Waals surface area contributed by atoms with Crippen LogP contribution in [0.2, 0.25) is 0 Å². The summed E-state index contributed by atoms with van der Waals surface area (Å²) in [7, 11) is 0. The van der Waals surface area contributed by atoms with E-state index >= 15 is 0 Å². The highest BCUT2D eigenvalue weighted by Crippen LogP contribution is 2.24. The number of hydrogen-bond donors (Lipinski definition) is 0. The number of carbonyl (C=O) groups is 1. The molecule has 1 aromatic heterocycles. The number of nitrogens with zero attached hydrogens (tertiary/aromatic N) is 1. The van der Waals surface area contributed by atoms with E-state index in [1.807, 2.05) is 42.6 Å². The van der Waals surface area contributed by atoms with Crippen LogP contribution in [0.3, 0.4) is 0 Å². The van der Waals surface area contributed by atoms with Gasteiger partial charge < -0.3 is 4.79 Å². The third kappa shape index (κ3) is 2.36. The van der Waals surface area contributed by atoms with Gasteiger partial charge in [0.15, 0.2) is 0 Å². The molecule has 1 atom stereocenters. The second-order valence-electron chi connectivity index (χ2n) is 3.40. The van der Waals surface area contributed by atoms with Crippen LogP contribution in [-0.4, -0.2) is 11.3 Å². The van der Waals surface area contributed by atoms with Gasteiger partial charge in [0, 0.05) is 12.4 Å². The van der Waals surface area contributed by atoms with Crippen molar-refractivity contribution in [3.63, 3.8) is 0 Å². The van der Waals surface area contributed by atoms with Crippen molar-refractivity contribution >= 4 is 22.2 Å². The lowest BCUT2D eigenvalue weighted by Gasteiger charge is -2.04. The van der Waals surface area contributed by atoms with Gasteiger partial charge in [0.25, 0.3) is 0 Å². The summed E-state index contributed by atoms with van der Waals surface area (Å²) in [5.41, 5.74) is 3.14. The summed E-state index contributed by atoms with van der Waals surface area (Å²) in [5, 5.41) is 0. The first-order chi connectivity index (χ1) is 7.81. The van der Waals surface area contributed by atoms with E-state index in [4.69, 9.17) is 0 Å². The van der Waals surface area contributed by atoms with Crippen molar-refractivity contribution in [2.24, 2.45) is 0 Å². The lowest BCUT2D eigenvalue weighted by atomic mass is 10.0. The minimum absolute atomic E-state index is 0.226. The van der Waals surface area contributed by atoms with Crippen LogP contribution in [0.5, 0.6) is 0 Å². The smallest absolute Gasteiger partial charge is 0.138 e. The van der Waals surface area contributed by atoms with Gasteiger partial charge in [-0.05, 0) is 22.8 Å². The van der Waals surface area contributed by atoms with Gasteiger partial charge in [-0.2, -0.15) is 0 Å². The monoisotopic (exact) mass is 275 g/mol. The first kappa shape index (κ1) is 11.0. The van der Waals surface area contributed by atoms with Gasteiger partial charge >= 0.3 is 0 Å². The third-order valence-electron chi connectivity index (χ3n) is 2.34. The Hall–Kier alpha value is -1.48. The van der Waals surface area contributed by atoms with E-state index in [2.05, 4.69) is 20.9 Å². The standard InChI is InChI=1S/C13H10BrNO/c14-13(9-16)11-5-3-10(4-6-11)12-2-1-7-15-8-12/h1-9,13H. The van der Waals surface area contributed by atoms with E-state index in [0.29, 0.717) is 0 Å². The van der Waals surface area contributed by atoms with Gasteiger partial charge in [-0.3, -0.25) is 4.98 Å². The lowest BCUT2D eigenvalue weighted by molar-refractivity contribution is -0.107. The maximum Gasteiger partial charge on any atom is 0.138 e. The Kier molecular flexibility index (Phi) is 3.47. The van der Waals surface area contributed by atoms with Gasteiger partial charge in [-0.1, -0.05) is 46.3 Å². The number of benzene rings is 1. The van der Waals surface area contributed by atoms with E-state index in [-0.39, 0.29) is 4.83 Å². The van der Waals surface area contributed by atoms with Crippen molar-refractivity contribution in [3.05, 3.63) is 54.4 Å². The predicted molar refractivity (Wildman–Crippen MR) is 67.4 cm³/mol. The van der Waals surface area contributed by atoms with Gasteiger partial charge in [-0.15, -0.1) is 0 Å². The van der Waals surface area contributed by atoms with E-state index < -0.39 is 0 Å². The van der Waals surface area contributed by atoms with Crippen LogP contribution in [0, 0.1) is 0 Å². The van der Waals surface area contributed by atoms with Crippen molar-refractivity contribution in [1.29, 1.82) is 0 Å². The molecule has 0 aliphatic heterocycles. The summed E-state index contributed by atoms with van der Waals surface area (Å²) in [6.45, 7) is 0. The summed E-state index contributed by atoms with van der Waals surface area (Å²) in [6, 6.07) is 11.8. The van der Waals surface area contributed by atoms with Gasteiger partial charge in [0.05, 0.1) is 4.83 Å². The molecule has 1 unspecified atom stereocenters. The summed E-state index contributed by atoms with van der Waals surface area (Å²) in [4.78, 5) is 14.4. The van der Waals surface area contributed by atoms with Crippen LogP contribution >= 0.6 is 15.9 Å². The highest BCUT2D eigenvalue weighted by Gasteiger charge is 2.05. The number of aldehydes is 1. The maximum atomic E-state index is 10.6. The Morgan fingerprint density at radius 2 is 1.88 bits per heavy atom. The molecule has 0 amide bonds. The average molecular weight is 276 g/mol. The Balaban J connectivity index is 2.30. The molecule has 3 heteroatoms. The molecular formula is C13H10BrNO. The fourth-order valence-electron chi connectivity index (χ4n) is 1.47. The molecule has 2 aromatic rings. The first-order valence-electron chi connectivity index (χ1n) is 4.91. The molecular weight excluding hydrogens is 266 g/mol. The number of halogens is 1. The molecule has 0 aliphatic rings. The molecule has 0 aliphatic carbocycles. The van der Waals surface area contributed by atoms with Crippen LogP contribution in [0.1, 0.15) is 10.4 Å². The molecule has 0 radical (unpaired) electrons. The molecule has 0 spiro atoms. The van der Waals surface area contributed by atoms with Crippen molar-refractivity contribution in [2.75, 3.05) is 0 Å². The molecule has 0 bridgehead atoms. The second-order valence-corrected chi connectivity index (χ2v) is 4.39. The van der Waals surface area contributed by atoms with Crippen LogP contribution < -0.4 is 0 Å². The zero-order valence-electron chi connectivity index (χ0n) is 8.51. The summed E-state index contributed by atoms with van der Waals surface area (Å²) in [6.07, 6.45) is 4.44. The molecule has 0 N–H and O–H groups in total. The van der Waals surface area contributed by atoms with Gasteiger partial charge in [0.2, 0.25) is 0 Å². The largest absolute Gasteiger partial charge is 0.302 e. The zero-order chi connectivity index (χ0) is 11.4. The second kappa shape index (κ2) is 5.03. The van der Waals surface area contributed by atoms with Gasteiger partial charge in [-0.25, -0.2) is 0 Å². The van der Waals surface area contributed by atoms with E-state index in [9.17, 15) is 4.79 Å². The highest BCUT2D eigenvalue weighted by atomic mass is 79.9. The topological polar surface area (TPSA) is 30.0 Å². The van der Waals surface area contributed by atoms with Crippen molar-refractivity contribution in [1.82, 2.24) is 4.98 Å². The van der Waals surface area contributed by atoms with Crippen molar-refractivity contribution in [2.45, 2.75) is 4.83 Å². The summed E-state index contributed by atoms with van der Waals surface area (Å²) >= 11 is 3.29. The van der Waals surface area contributed by atoms with Crippen LogP contribution in [0.4, 0.5) is 0 Å². The third-order valence-corrected chi connectivity index (χ3v) is 3.09. The van der Waals surface area contributed by atoms with E-state index in [1.54, 1.807) is 6.20 Å². The molecule has 2 nitrogen and oxygen atoms in total. The SMILES string of the molecule is O=CC(Br)c1ccc(-c2cccnc2)cc1. The quantitative estimate of drug-likeness (QED) is 0.635. The van der Waals surface area contributed by atoms with Crippen molar-refractivity contribution in [3.8, 4) is 11.1 Å². The van der Waals surface area contributed by atoms with Crippen LogP contribution in [0.15, 0.2) is 48.8 Å². The fourth-order valence-corrected chi connectivity index (χ4v) is 1.78. The number of aromatic nitrogens is 1. The molecule has 16 heavy (non-hydrogen) atoms. The van der Waals surface area contributed by atoms with Gasteiger partial charge in [0.1, 0.15) is 6.29 Å². The number of alkyl halides is 1. The molecule has 1 aromatic carbocycles. The molecule has 1 heterocycles. The predicted octanol–water partition coefficient (Wildman–Crippen LogP) is 3.38. The molecule has 0 saturated heterocycles. The van der Waals surface area contributed by atoms with E-state index in [0.717, 1.165) is 23.0 Å². The van der Waals surface area contributed by atoms with Crippen LogP contribution in [-0.2, 0) is 4.79 Å². The normalized spacial score (nSPS) is 12.1. The highest BCUT2D eigenvalue weighted by molar-refractivity contribution is 9.09. The van der Waals surface area contributed by atoms with Crippen LogP contribution in [0.25, 0.3) is 11.1 Å². The van der Waals surface area contributed by atoms with E-state index in [1.165, 1.54) is 0 Å². The average Bonchev–Trinajstić information content (AvgIpc) is 2.39. The van der Waals surface area contributed by atoms with Crippen molar-refractivity contribution < 1.29 is 4.79 Å². The molecule has 0 fully saturated rings. The Morgan fingerprint density at radius 3 is 2.44 bits per heavy atom. The maximum absolute atomic E-state index is 10.6. The number of hydrogen-bond acceptors (Lipinski definition) is 2. The summed E-state index contributed by atoms with van der Waals surface area (Å²) < 4.78 is 0. The Labute approximate surface area is 102 Å². The summed E-state index contributed by atoms with van der Waals surface area (Å²) in [5.74, 6) is 0. The number of pyridine rings is 1. The molecule has 80 valence electrons. The number of rotatable bonds is 3. The Morgan fingerprint density at radius 1 is 1.12 bits per heavy atom. The minimum Gasteiger partial charge on any atom is -0.302 e. The number of carbonyl (C=O) groups excluding carboxylic acids is 1. The zero-order valence-corrected chi connectivity index (χ0v) is 10.1. The molecule has 0 saturated carbocycles. The molecule has 2 rings (SSSR count). The lowest BCUT2D eigenvalue weighted by Crippen LogP contribution is -1.90. The minimum atomic E-state index is -0.226. The fraction of sp³-hybridized carbons (Fsp3) is 0.0769. The first-order valence-corrected chi connectivity index (χ1v) is 5.82.